The predicted molar refractivity (Wildman–Crippen MR) is 157 cm³/mol. The fourth-order valence-corrected chi connectivity index (χ4v) is 5.97. The molecule has 0 aliphatic heterocycles. The van der Waals surface area contributed by atoms with E-state index in [2.05, 4.69) is 5.32 Å². The lowest BCUT2D eigenvalue weighted by atomic mass is 10.1. The highest BCUT2D eigenvalue weighted by Crippen LogP contribution is 2.35. The molecular formula is C27H27Cl4N3O4S. The lowest BCUT2D eigenvalue weighted by Gasteiger charge is -2.32. The zero-order chi connectivity index (χ0) is 28.9. The van der Waals surface area contributed by atoms with E-state index in [4.69, 9.17) is 46.4 Å². The quantitative estimate of drug-likeness (QED) is 0.283. The van der Waals surface area contributed by atoms with Crippen molar-refractivity contribution in [2.75, 3.05) is 17.4 Å². The van der Waals surface area contributed by atoms with Gasteiger partial charge in [-0.2, -0.15) is 0 Å². The minimum atomic E-state index is -4.28. The maximum Gasteiger partial charge on any atom is 0.264 e. The Morgan fingerprint density at radius 3 is 2.21 bits per heavy atom. The Hall–Kier alpha value is -2.49. The first-order valence-corrected chi connectivity index (χ1v) is 14.9. The Morgan fingerprint density at radius 1 is 0.923 bits per heavy atom. The van der Waals surface area contributed by atoms with Gasteiger partial charge in [-0.25, -0.2) is 8.42 Å². The molecule has 3 aromatic rings. The molecule has 39 heavy (non-hydrogen) atoms. The first-order chi connectivity index (χ1) is 18.4. The van der Waals surface area contributed by atoms with Crippen LogP contribution in [0.1, 0.15) is 25.0 Å². The van der Waals surface area contributed by atoms with E-state index in [-0.39, 0.29) is 32.2 Å². The number of nitrogens with one attached hydrogen (secondary N) is 1. The van der Waals surface area contributed by atoms with E-state index in [1.165, 1.54) is 35.2 Å². The average Bonchev–Trinajstić information content (AvgIpc) is 2.89. The minimum Gasteiger partial charge on any atom is -0.355 e. The van der Waals surface area contributed by atoms with Crippen LogP contribution < -0.4 is 9.62 Å². The number of likely N-dealkylation sites (N-methyl/N-ethyl adjacent to an activating group) is 1. The standard InChI is InChI=1S/C27H27Cl4N3O4S/c1-4-32-27(36)18(3)33(15-19-10-13-21(28)23(30)14-19)25(35)16-34(24-7-5-6-22(29)26(24)31)39(37,38)20-11-8-17(2)9-12-20/h5-14,18H,4,15-16H2,1-3H3,(H,32,36)/t18-/m0/s1. The van der Waals surface area contributed by atoms with Crippen LogP contribution in [-0.2, 0) is 26.2 Å². The molecule has 0 heterocycles. The van der Waals surface area contributed by atoms with Crippen LogP contribution in [-0.4, -0.2) is 44.3 Å². The molecule has 0 bridgehead atoms. The molecule has 0 radical (unpaired) electrons. The second-order valence-corrected chi connectivity index (χ2v) is 12.2. The Kier molecular flexibility index (Phi) is 10.5. The Bertz CT molecular complexity index is 1470. The number of nitrogens with zero attached hydrogens (tertiary/aromatic N) is 2. The summed E-state index contributed by atoms with van der Waals surface area (Å²) in [7, 11) is -4.28. The van der Waals surface area contributed by atoms with Crippen molar-refractivity contribution in [3.8, 4) is 0 Å². The molecule has 1 atom stereocenters. The molecule has 0 aliphatic rings. The largest absolute Gasteiger partial charge is 0.355 e. The van der Waals surface area contributed by atoms with Gasteiger partial charge in [-0.05, 0) is 62.7 Å². The van der Waals surface area contributed by atoms with Crippen LogP contribution in [0.3, 0.4) is 0 Å². The van der Waals surface area contributed by atoms with Crippen molar-refractivity contribution in [1.82, 2.24) is 10.2 Å². The summed E-state index contributed by atoms with van der Waals surface area (Å²) in [5.74, 6) is -1.05. The number of hydrogen-bond acceptors (Lipinski definition) is 4. The summed E-state index contributed by atoms with van der Waals surface area (Å²) in [6.45, 7) is 4.81. The number of anilines is 1. The Labute approximate surface area is 248 Å². The molecule has 0 aliphatic carbocycles. The molecule has 0 aromatic heterocycles. The smallest absolute Gasteiger partial charge is 0.264 e. The lowest BCUT2D eigenvalue weighted by Crippen LogP contribution is -2.51. The number of rotatable bonds is 10. The molecule has 0 spiro atoms. The van der Waals surface area contributed by atoms with E-state index in [1.807, 2.05) is 6.92 Å². The number of carbonyl (C=O) groups is 2. The fraction of sp³-hybridized carbons (Fsp3) is 0.259. The monoisotopic (exact) mass is 629 g/mol. The fourth-order valence-electron chi connectivity index (χ4n) is 3.78. The topological polar surface area (TPSA) is 86.8 Å². The molecule has 2 amide bonds. The van der Waals surface area contributed by atoms with Gasteiger partial charge >= 0.3 is 0 Å². The van der Waals surface area contributed by atoms with E-state index >= 15 is 0 Å². The summed E-state index contributed by atoms with van der Waals surface area (Å²) >= 11 is 24.9. The van der Waals surface area contributed by atoms with Gasteiger partial charge in [0.1, 0.15) is 12.6 Å². The summed E-state index contributed by atoms with van der Waals surface area (Å²) < 4.78 is 28.6. The van der Waals surface area contributed by atoms with Gasteiger partial charge in [0.15, 0.2) is 0 Å². The van der Waals surface area contributed by atoms with Crippen LogP contribution in [0.15, 0.2) is 65.6 Å². The van der Waals surface area contributed by atoms with Gasteiger partial charge < -0.3 is 10.2 Å². The Morgan fingerprint density at radius 2 is 1.59 bits per heavy atom. The van der Waals surface area contributed by atoms with Crippen LogP contribution in [0.4, 0.5) is 5.69 Å². The third-order valence-corrected chi connectivity index (χ3v) is 9.26. The van der Waals surface area contributed by atoms with E-state index in [9.17, 15) is 18.0 Å². The third kappa shape index (κ3) is 7.38. The van der Waals surface area contributed by atoms with Crippen molar-refractivity contribution in [3.05, 3.63) is 91.9 Å². The van der Waals surface area contributed by atoms with Crippen LogP contribution in [0, 0.1) is 6.92 Å². The van der Waals surface area contributed by atoms with Gasteiger partial charge in [-0.3, -0.25) is 13.9 Å². The van der Waals surface area contributed by atoms with Crippen molar-refractivity contribution in [3.63, 3.8) is 0 Å². The molecule has 7 nitrogen and oxygen atoms in total. The molecule has 0 fully saturated rings. The normalized spacial score (nSPS) is 12.1. The van der Waals surface area contributed by atoms with E-state index in [1.54, 1.807) is 44.2 Å². The zero-order valence-corrected chi connectivity index (χ0v) is 25.3. The van der Waals surface area contributed by atoms with Crippen molar-refractivity contribution in [2.24, 2.45) is 0 Å². The highest BCUT2D eigenvalue weighted by Gasteiger charge is 2.33. The number of amides is 2. The number of carbonyl (C=O) groups excluding carboxylic acids is 2. The van der Waals surface area contributed by atoms with Crippen LogP contribution in [0.2, 0.25) is 20.1 Å². The number of sulfonamides is 1. The molecule has 0 saturated carbocycles. The third-order valence-electron chi connectivity index (χ3n) is 5.94. The van der Waals surface area contributed by atoms with Crippen molar-refractivity contribution in [2.45, 2.75) is 38.3 Å². The second kappa shape index (κ2) is 13.2. The maximum absolute atomic E-state index is 13.9. The maximum atomic E-state index is 13.9. The van der Waals surface area contributed by atoms with Crippen LogP contribution in [0.5, 0.6) is 0 Å². The van der Waals surface area contributed by atoms with Gasteiger partial charge in [0.2, 0.25) is 11.8 Å². The first kappa shape index (κ1) is 31.0. The lowest BCUT2D eigenvalue weighted by molar-refractivity contribution is -0.139. The predicted octanol–water partition coefficient (Wildman–Crippen LogP) is 6.36. The highest BCUT2D eigenvalue weighted by atomic mass is 35.5. The number of halogens is 4. The molecule has 3 rings (SSSR count). The van der Waals surface area contributed by atoms with Crippen molar-refractivity contribution < 1.29 is 18.0 Å². The second-order valence-electron chi connectivity index (χ2n) is 8.74. The van der Waals surface area contributed by atoms with Crippen LogP contribution in [0.25, 0.3) is 0 Å². The van der Waals surface area contributed by atoms with Gasteiger partial charge in [-0.1, -0.05) is 76.2 Å². The molecule has 0 saturated heterocycles. The number of aryl methyl sites for hydroxylation is 1. The van der Waals surface area contributed by atoms with Crippen molar-refractivity contribution >= 4 is 73.9 Å². The summed E-state index contributed by atoms with van der Waals surface area (Å²) in [5.41, 5.74) is 1.49. The molecule has 208 valence electrons. The van der Waals surface area contributed by atoms with E-state index in [0.29, 0.717) is 17.1 Å². The number of hydrogen-bond donors (Lipinski definition) is 1. The summed E-state index contributed by atoms with van der Waals surface area (Å²) in [6, 6.07) is 14.6. The average molecular weight is 631 g/mol. The molecule has 3 aromatic carbocycles. The van der Waals surface area contributed by atoms with Gasteiger partial charge in [-0.15, -0.1) is 0 Å². The summed E-state index contributed by atoms with van der Waals surface area (Å²) in [6.07, 6.45) is 0. The molecule has 0 unspecified atom stereocenters. The SMILES string of the molecule is CCNC(=O)[C@H](C)N(Cc1ccc(Cl)c(Cl)c1)C(=O)CN(c1cccc(Cl)c1Cl)S(=O)(=O)c1ccc(C)cc1. The van der Waals surface area contributed by atoms with Crippen molar-refractivity contribution in [1.29, 1.82) is 0 Å². The number of benzene rings is 3. The first-order valence-electron chi connectivity index (χ1n) is 11.9. The summed E-state index contributed by atoms with van der Waals surface area (Å²) in [5, 5.41) is 3.40. The molecule has 12 heteroatoms. The Balaban J connectivity index is 2.08. The van der Waals surface area contributed by atoms with Gasteiger partial charge in [0.25, 0.3) is 10.0 Å². The molecular weight excluding hydrogens is 604 g/mol. The van der Waals surface area contributed by atoms with Gasteiger partial charge in [0, 0.05) is 13.1 Å². The minimum absolute atomic E-state index is 0.0261. The summed E-state index contributed by atoms with van der Waals surface area (Å²) in [4.78, 5) is 27.9. The van der Waals surface area contributed by atoms with E-state index in [0.717, 1.165) is 9.87 Å². The van der Waals surface area contributed by atoms with Gasteiger partial charge in [0.05, 0.1) is 30.7 Å². The van der Waals surface area contributed by atoms with Crippen LogP contribution >= 0.6 is 46.4 Å². The molecule has 1 N–H and O–H groups in total. The highest BCUT2D eigenvalue weighted by molar-refractivity contribution is 7.92. The zero-order valence-electron chi connectivity index (χ0n) is 21.4. The van der Waals surface area contributed by atoms with E-state index < -0.39 is 34.4 Å².